The van der Waals surface area contributed by atoms with Crippen LogP contribution in [0.3, 0.4) is 0 Å². The Kier molecular flexibility index (Phi) is 4.20. The molecule has 5 nitrogen and oxygen atoms in total. The summed E-state index contributed by atoms with van der Waals surface area (Å²) in [6, 6.07) is 14.4. The number of aromatic nitrogens is 1. The molecule has 2 amide bonds. The fourth-order valence-electron chi connectivity index (χ4n) is 3.06. The summed E-state index contributed by atoms with van der Waals surface area (Å²) < 4.78 is 5.88. The van der Waals surface area contributed by atoms with Crippen LogP contribution in [0, 0.1) is 13.8 Å². The van der Waals surface area contributed by atoms with Gasteiger partial charge in [0.15, 0.2) is 0 Å². The lowest BCUT2D eigenvalue weighted by Gasteiger charge is -2.13. The van der Waals surface area contributed by atoms with E-state index in [0.717, 1.165) is 11.1 Å². The third kappa shape index (κ3) is 3.19. The van der Waals surface area contributed by atoms with E-state index in [0.29, 0.717) is 22.6 Å². The number of imide groups is 1. The Morgan fingerprint density at radius 2 is 1.63 bits per heavy atom. The summed E-state index contributed by atoms with van der Waals surface area (Å²) in [6.45, 7) is 4.26. The van der Waals surface area contributed by atoms with Crippen LogP contribution in [-0.4, -0.2) is 21.7 Å². The molecule has 0 radical (unpaired) electrons. The molecule has 0 aliphatic carbocycles. The van der Waals surface area contributed by atoms with Crippen LogP contribution < -0.4 is 4.74 Å². The van der Waals surface area contributed by atoms with Crippen molar-refractivity contribution < 1.29 is 14.3 Å². The fraction of sp³-hybridized carbons (Fsp3) is 0.136. The number of amides is 2. The van der Waals surface area contributed by atoms with Crippen molar-refractivity contribution in [1.82, 2.24) is 9.88 Å². The Morgan fingerprint density at radius 1 is 0.889 bits per heavy atom. The summed E-state index contributed by atoms with van der Waals surface area (Å²) in [4.78, 5) is 30.6. The minimum atomic E-state index is -0.315. The highest BCUT2D eigenvalue weighted by molar-refractivity contribution is 6.21. The number of carbonyl (C=O) groups is 2. The molecule has 134 valence electrons. The lowest BCUT2D eigenvalue weighted by Crippen LogP contribution is -2.29. The molecular weight excluding hydrogens is 340 g/mol. The normalized spacial score (nSPS) is 13.0. The maximum atomic E-state index is 12.7. The topological polar surface area (TPSA) is 59.5 Å². The van der Waals surface area contributed by atoms with Crippen molar-refractivity contribution >= 4 is 11.8 Å². The van der Waals surface area contributed by atoms with E-state index in [-0.39, 0.29) is 18.4 Å². The quantitative estimate of drug-likeness (QED) is 0.653. The van der Waals surface area contributed by atoms with Gasteiger partial charge in [0.05, 0.1) is 17.7 Å². The fourth-order valence-corrected chi connectivity index (χ4v) is 3.06. The number of pyridine rings is 1. The smallest absolute Gasteiger partial charge is 0.262 e. The van der Waals surface area contributed by atoms with Crippen LogP contribution in [-0.2, 0) is 6.54 Å². The molecular formula is C22H18N2O3. The second kappa shape index (κ2) is 6.68. The zero-order chi connectivity index (χ0) is 19.0. The first kappa shape index (κ1) is 17.0. The standard InChI is InChI=1S/C22H18N2O3/c1-14-5-6-17(10-15(14)2)27-18-7-8-19-20(11-18)22(26)24(21(19)25)13-16-4-3-9-23-12-16/h3-12H,13H2,1-2H3. The van der Waals surface area contributed by atoms with Gasteiger partial charge in [0.25, 0.3) is 11.8 Å². The molecule has 0 N–H and O–H groups in total. The van der Waals surface area contributed by atoms with E-state index >= 15 is 0 Å². The largest absolute Gasteiger partial charge is 0.457 e. The molecule has 5 heteroatoms. The number of ether oxygens (including phenoxy) is 1. The van der Waals surface area contributed by atoms with E-state index in [9.17, 15) is 9.59 Å². The van der Waals surface area contributed by atoms with Gasteiger partial charge in [-0.1, -0.05) is 12.1 Å². The first-order valence-electron chi connectivity index (χ1n) is 8.67. The number of hydrogen-bond donors (Lipinski definition) is 0. The monoisotopic (exact) mass is 358 g/mol. The van der Waals surface area contributed by atoms with E-state index in [1.54, 1.807) is 36.7 Å². The number of rotatable bonds is 4. The molecule has 27 heavy (non-hydrogen) atoms. The molecule has 0 spiro atoms. The third-order valence-corrected chi connectivity index (χ3v) is 4.72. The van der Waals surface area contributed by atoms with Crippen LogP contribution in [0.1, 0.15) is 37.4 Å². The average molecular weight is 358 g/mol. The van der Waals surface area contributed by atoms with Crippen molar-refractivity contribution in [2.45, 2.75) is 20.4 Å². The Hall–Kier alpha value is -3.47. The van der Waals surface area contributed by atoms with Gasteiger partial charge < -0.3 is 4.74 Å². The number of fused-ring (bicyclic) bond motifs is 1. The lowest BCUT2D eigenvalue weighted by molar-refractivity contribution is 0.0642. The van der Waals surface area contributed by atoms with Crippen molar-refractivity contribution in [3.63, 3.8) is 0 Å². The number of hydrogen-bond acceptors (Lipinski definition) is 4. The number of carbonyl (C=O) groups excluding carboxylic acids is 2. The molecule has 4 rings (SSSR count). The first-order chi connectivity index (χ1) is 13.0. The zero-order valence-corrected chi connectivity index (χ0v) is 15.1. The summed E-state index contributed by atoms with van der Waals surface area (Å²) in [5, 5.41) is 0. The van der Waals surface area contributed by atoms with Crippen molar-refractivity contribution in [3.8, 4) is 11.5 Å². The Labute approximate surface area is 157 Å². The minimum Gasteiger partial charge on any atom is -0.457 e. The van der Waals surface area contributed by atoms with Gasteiger partial charge in [-0.2, -0.15) is 0 Å². The zero-order valence-electron chi connectivity index (χ0n) is 15.1. The van der Waals surface area contributed by atoms with Crippen molar-refractivity contribution in [3.05, 3.63) is 88.7 Å². The first-order valence-corrected chi connectivity index (χ1v) is 8.67. The van der Waals surface area contributed by atoms with Gasteiger partial charge in [-0.3, -0.25) is 19.5 Å². The second-order valence-electron chi connectivity index (χ2n) is 6.61. The molecule has 0 atom stereocenters. The number of aryl methyl sites for hydroxylation is 2. The molecule has 2 aromatic carbocycles. The predicted octanol–water partition coefficient (Wildman–Crippen LogP) is 4.29. The minimum absolute atomic E-state index is 0.202. The third-order valence-electron chi connectivity index (χ3n) is 4.72. The van der Waals surface area contributed by atoms with E-state index in [1.807, 2.05) is 38.1 Å². The van der Waals surface area contributed by atoms with Crippen LogP contribution in [0.2, 0.25) is 0 Å². The summed E-state index contributed by atoms with van der Waals surface area (Å²) in [5.41, 5.74) is 3.88. The van der Waals surface area contributed by atoms with E-state index < -0.39 is 0 Å². The molecule has 2 heterocycles. The highest BCUT2D eigenvalue weighted by Gasteiger charge is 2.35. The van der Waals surface area contributed by atoms with E-state index in [4.69, 9.17) is 4.74 Å². The second-order valence-corrected chi connectivity index (χ2v) is 6.61. The molecule has 3 aromatic rings. The van der Waals surface area contributed by atoms with Crippen LogP contribution in [0.4, 0.5) is 0 Å². The van der Waals surface area contributed by atoms with Crippen LogP contribution in [0.25, 0.3) is 0 Å². The Morgan fingerprint density at radius 3 is 2.37 bits per heavy atom. The molecule has 1 aliphatic rings. The molecule has 0 bridgehead atoms. The maximum absolute atomic E-state index is 12.7. The van der Waals surface area contributed by atoms with Gasteiger partial charge in [-0.05, 0) is 66.9 Å². The Balaban J connectivity index is 1.59. The van der Waals surface area contributed by atoms with Crippen molar-refractivity contribution in [2.24, 2.45) is 0 Å². The van der Waals surface area contributed by atoms with Gasteiger partial charge in [0.1, 0.15) is 11.5 Å². The summed E-state index contributed by atoms with van der Waals surface area (Å²) in [7, 11) is 0. The molecule has 0 fully saturated rings. The van der Waals surface area contributed by atoms with Gasteiger partial charge in [-0.25, -0.2) is 0 Å². The summed E-state index contributed by atoms with van der Waals surface area (Å²) >= 11 is 0. The summed E-state index contributed by atoms with van der Waals surface area (Å²) in [6.07, 6.45) is 3.31. The molecule has 1 aromatic heterocycles. The van der Waals surface area contributed by atoms with Gasteiger partial charge in [0.2, 0.25) is 0 Å². The highest BCUT2D eigenvalue weighted by Crippen LogP contribution is 2.30. The van der Waals surface area contributed by atoms with Gasteiger partial charge in [-0.15, -0.1) is 0 Å². The highest BCUT2D eigenvalue weighted by atomic mass is 16.5. The van der Waals surface area contributed by atoms with Gasteiger partial charge in [0, 0.05) is 12.4 Å². The maximum Gasteiger partial charge on any atom is 0.262 e. The molecule has 0 saturated carbocycles. The van der Waals surface area contributed by atoms with Crippen LogP contribution in [0.5, 0.6) is 11.5 Å². The SMILES string of the molecule is Cc1ccc(Oc2ccc3c(c2)C(=O)N(Cc2cccnc2)C3=O)cc1C. The van der Waals surface area contributed by atoms with Crippen LogP contribution >= 0.6 is 0 Å². The van der Waals surface area contributed by atoms with E-state index in [2.05, 4.69) is 4.98 Å². The Bertz CT molecular complexity index is 1040. The van der Waals surface area contributed by atoms with Crippen LogP contribution in [0.15, 0.2) is 60.9 Å². The van der Waals surface area contributed by atoms with Crippen molar-refractivity contribution in [1.29, 1.82) is 0 Å². The number of benzene rings is 2. The molecule has 1 aliphatic heterocycles. The molecule has 0 saturated heterocycles. The lowest BCUT2D eigenvalue weighted by atomic mass is 10.1. The summed E-state index contributed by atoms with van der Waals surface area (Å²) in [5.74, 6) is 0.615. The predicted molar refractivity (Wildman–Crippen MR) is 101 cm³/mol. The molecule has 0 unspecified atom stereocenters. The van der Waals surface area contributed by atoms with Gasteiger partial charge >= 0.3 is 0 Å². The number of nitrogens with zero attached hydrogens (tertiary/aromatic N) is 2. The van der Waals surface area contributed by atoms with E-state index in [1.165, 1.54) is 10.5 Å². The van der Waals surface area contributed by atoms with Crippen molar-refractivity contribution in [2.75, 3.05) is 0 Å². The average Bonchev–Trinajstić information content (AvgIpc) is 2.90.